The van der Waals surface area contributed by atoms with Crippen LogP contribution in [0.3, 0.4) is 0 Å². The molecule has 0 radical (unpaired) electrons. The molecule has 0 aliphatic rings. The van der Waals surface area contributed by atoms with E-state index in [2.05, 4.69) is 10.1 Å². The highest BCUT2D eigenvalue weighted by atomic mass is 32.1. The highest BCUT2D eigenvalue weighted by molar-refractivity contribution is 7.18. The number of methoxy groups -OCH3 is 1. The van der Waals surface area contributed by atoms with Crippen LogP contribution in [-0.4, -0.2) is 19.0 Å². The number of ether oxygens (including phenoxy) is 1. The first-order valence-electron chi connectivity index (χ1n) is 5.45. The predicted molar refractivity (Wildman–Crippen MR) is 70.0 cm³/mol. The Labute approximate surface area is 117 Å². The zero-order valence-electron chi connectivity index (χ0n) is 10.3. The standard InChI is InChI=1S/C13H9F2NO3S/c1-19-13(18)10-2-3-11(20-10)16-12(17)7-4-8(14)6-9(15)5-7/h2-6H,1H3,(H,16,17). The summed E-state index contributed by atoms with van der Waals surface area (Å²) in [6.07, 6.45) is 0. The van der Waals surface area contributed by atoms with Gasteiger partial charge in [-0.2, -0.15) is 0 Å². The topological polar surface area (TPSA) is 55.4 Å². The molecule has 104 valence electrons. The average Bonchev–Trinajstić information content (AvgIpc) is 2.85. The molecule has 0 bridgehead atoms. The maximum atomic E-state index is 13.0. The van der Waals surface area contributed by atoms with E-state index in [1.54, 1.807) is 0 Å². The lowest BCUT2D eigenvalue weighted by molar-refractivity contribution is 0.0606. The number of nitrogens with one attached hydrogen (secondary N) is 1. The summed E-state index contributed by atoms with van der Waals surface area (Å²) < 4.78 is 30.5. The predicted octanol–water partition coefficient (Wildman–Crippen LogP) is 3.07. The van der Waals surface area contributed by atoms with Gasteiger partial charge >= 0.3 is 5.97 Å². The van der Waals surface area contributed by atoms with Crippen LogP contribution in [0, 0.1) is 11.6 Å². The molecule has 0 unspecified atom stereocenters. The summed E-state index contributed by atoms with van der Waals surface area (Å²) in [6.45, 7) is 0. The molecule has 7 heteroatoms. The number of carbonyl (C=O) groups is 2. The molecule has 0 saturated carbocycles. The van der Waals surface area contributed by atoms with Crippen LogP contribution in [0.2, 0.25) is 0 Å². The van der Waals surface area contributed by atoms with E-state index < -0.39 is 23.5 Å². The highest BCUT2D eigenvalue weighted by Crippen LogP contribution is 2.23. The van der Waals surface area contributed by atoms with Crippen LogP contribution in [-0.2, 0) is 4.74 Å². The molecular weight excluding hydrogens is 288 g/mol. The molecule has 1 amide bonds. The molecule has 1 aromatic heterocycles. The van der Waals surface area contributed by atoms with Gasteiger partial charge in [-0.25, -0.2) is 13.6 Å². The molecule has 0 fully saturated rings. The molecule has 0 atom stereocenters. The van der Waals surface area contributed by atoms with Crippen LogP contribution in [0.15, 0.2) is 30.3 Å². The third-order valence-corrected chi connectivity index (χ3v) is 3.33. The second kappa shape index (κ2) is 5.79. The zero-order chi connectivity index (χ0) is 14.7. The number of anilines is 1. The molecule has 20 heavy (non-hydrogen) atoms. The maximum absolute atomic E-state index is 13.0. The van der Waals surface area contributed by atoms with Gasteiger partial charge in [0, 0.05) is 11.6 Å². The van der Waals surface area contributed by atoms with Crippen molar-refractivity contribution in [3.05, 3.63) is 52.4 Å². The van der Waals surface area contributed by atoms with E-state index in [4.69, 9.17) is 0 Å². The van der Waals surface area contributed by atoms with Crippen molar-refractivity contribution < 1.29 is 23.1 Å². The van der Waals surface area contributed by atoms with Gasteiger partial charge in [-0.05, 0) is 24.3 Å². The van der Waals surface area contributed by atoms with E-state index >= 15 is 0 Å². The number of amides is 1. The maximum Gasteiger partial charge on any atom is 0.348 e. The van der Waals surface area contributed by atoms with Gasteiger partial charge in [0.25, 0.3) is 5.91 Å². The van der Waals surface area contributed by atoms with Gasteiger partial charge in [0.15, 0.2) is 0 Å². The van der Waals surface area contributed by atoms with Crippen molar-refractivity contribution in [2.75, 3.05) is 12.4 Å². The van der Waals surface area contributed by atoms with E-state index in [-0.39, 0.29) is 5.56 Å². The molecule has 4 nitrogen and oxygen atoms in total. The Morgan fingerprint density at radius 2 is 1.80 bits per heavy atom. The van der Waals surface area contributed by atoms with Crippen LogP contribution < -0.4 is 5.32 Å². The Kier molecular flexibility index (Phi) is 4.09. The fourth-order valence-corrected chi connectivity index (χ4v) is 2.30. The van der Waals surface area contributed by atoms with Gasteiger partial charge in [0.2, 0.25) is 0 Å². The normalized spacial score (nSPS) is 10.2. The fraction of sp³-hybridized carbons (Fsp3) is 0.0769. The number of hydrogen-bond acceptors (Lipinski definition) is 4. The number of esters is 1. The monoisotopic (exact) mass is 297 g/mol. The number of carbonyl (C=O) groups excluding carboxylic acids is 2. The van der Waals surface area contributed by atoms with E-state index in [0.717, 1.165) is 23.5 Å². The Morgan fingerprint density at radius 3 is 2.40 bits per heavy atom. The zero-order valence-corrected chi connectivity index (χ0v) is 11.1. The van der Waals surface area contributed by atoms with Gasteiger partial charge in [0.1, 0.15) is 16.5 Å². The summed E-state index contributed by atoms with van der Waals surface area (Å²) in [5.74, 6) is -2.86. The second-order valence-corrected chi connectivity index (χ2v) is 4.85. The van der Waals surface area contributed by atoms with E-state index in [0.29, 0.717) is 15.9 Å². The third-order valence-electron chi connectivity index (χ3n) is 2.35. The van der Waals surface area contributed by atoms with E-state index in [1.165, 1.54) is 19.2 Å². The Morgan fingerprint density at radius 1 is 1.15 bits per heavy atom. The lowest BCUT2D eigenvalue weighted by atomic mass is 10.2. The van der Waals surface area contributed by atoms with Gasteiger partial charge < -0.3 is 10.1 Å². The molecule has 0 spiro atoms. The number of hydrogen-bond donors (Lipinski definition) is 1. The summed E-state index contributed by atoms with van der Waals surface area (Å²) in [5, 5.41) is 2.83. The van der Waals surface area contributed by atoms with Crippen LogP contribution in [0.5, 0.6) is 0 Å². The van der Waals surface area contributed by atoms with Crippen molar-refractivity contribution in [3.63, 3.8) is 0 Å². The molecule has 0 aliphatic carbocycles. The summed E-state index contributed by atoms with van der Waals surface area (Å²) in [5.41, 5.74) is -0.143. The van der Waals surface area contributed by atoms with Crippen molar-refractivity contribution in [1.82, 2.24) is 0 Å². The SMILES string of the molecule is COC(=O)c1ccc(NC(=O)c2cc(F)cc(F)c2)s1. The van der Waals surface area contributed by atoms with Crippen LogP contribution >= 0.6 is 11.3 Å². The van der Waals surface area contributed by atoms with E-state index in [9.17, 15) is 18.4 Å². The molecule has 2 rings (SSSR count). The lowest BCUT2D eigenvalue weighted by Gasteiger charge is -2.03. The smallest absolute Gasteiger partial charge is 0.348 e. The highest BCUT2D eigenvalue weighted by Gasteiger charge is 2.13. The molecule has 0 aliphatic heterocycles. The number of thiophene rings is 1. The van der Waals surface area contributed by atoms with Gasteiger partial charge in [-0.3, -0.25) is 4.79 Å². The van der Waals surface area contributed by atoms with Crippen molar-refractivity contribution >= 4 is 28.2 Å². The lowest BCUT2D eigenvalue weighted by Crippen LogP contribution is -2.11. The number of rotatable bonds is 3. The second-order valence-electron chi connectivity index (χ2n) is 3.77. The third kappa shape index (κ3) is 3.18. The minimum atomic E-state index is -0.837. The number of benzene rings is 1. The Balaban J connectivity index is 2.15. The molecule has 1 heterocycles. The quantitative estimate of drug-likeness (QED) is 0.886. The molecular formula is C13H9F2NO3S. The van der Waals surface area contributed by atoms with Crippen LogP contribution in [0.25, 0.3) is 0 Å². The Bertz CT molecular complexity index is 649. The van der Waals surface area contributed by atoms with Gasteiger partial charge in [-0.1, -0.05) is 0 Å². The largest absolute Gasteiger partial charge is 0.465 e. The van der Waals surface area contributed by atoms with E-state index in [1.807, 2.05) is 0 Å². The summed E-state index contributed by atoms with van der Waals surface area (Å²) in [4.78, 5) is 23.4. The van der Waals surface area contributed by atoms with Crippen LogP contribution in [0.1, 0.15) is 20.0 Å². The van der Waals surface area contributed by atoms with Crippen LogP contribution in [0.4, 0.5) is 13.8 Å². The van der Waals surface area contributed by atoms with Crippen molar-refractivity contribution in [1.29, 1.82) is 0 Å². The molecule has 1 N–H and O–H groups in total. The minimum absolute atomic E-state index is 0.143. The fourth-order valence-electron chi connectivity index (χ4n) is 1.48. The molecule has 2 aromatic rings. The molecule has 0 saturated heterocycles. The summed E-state index contributed by atoms with van der Waals surface area (Å²) in [7, 11) is 1.25. The molecule has 1 aromatic carbocycles. The van der Waals surface area contributed by atoms with Gasteiger partial charge in [-0.15, -0.1) is 11.3 Å². The van der Waals surface area contributed by atoms with Crippen molar-refractivity contribution in [2.24, 2.45) is 0 Å². The minimum Gasteiger partial charge on any atom is -0.465 e. The first-order chi connectivity index (χ1) is 9.49. The first-order valence-corrected chi connectivity index (χ1v) is 6.27. The Hall–Kier alpha value is -2.28. The number of halogens is 2. The van der Waals surface area contributed by atoms with Crippen molar-refractivity contribution in [3.8, 4) is 0 Å². The summed E-state index contributed by atoms with van der Waals surface area (Å²) >= 11 is 1.00. The first kappa shape index (κ1) is 14.1. The average molecular weight is 297 g/mol. The summed E-state index contributed by atoms with van der Waals surface area (Å²) in [6, 6.07) is 5.51. The van der Waals surface area contributed by atoms with Gasteiger partial charge in [0.05, 0.1) is 12.1 Å². The van der Waals surface area contributed by atoms with Crippen molar-refractivity contribution in [2.45, 2.75) is 0 Å².